The van der Waals surface area contributed by atoms with Gasteiger partial charge >= 0.3 is 5.97 Å². The maximum atomic E-state index is 13.2. The molecule has 4 rings (SSSR count). The minimum atomic E-state index is -0.760. The number of carbonyl (C=O) groups excluding carboxylic acids is 2. The van der Waals surface area contributed by atoms with Crippen molar-refractivity contribution in [1.82, 2.24) is 0 Å². The highest BCUT2D eigenvalue weighted by molar-refractivity contribution is 6.03. The topological polar surface area (TPSA) is 65.1 Å². The van der Waals surface area contributed by atoms with Gasteiger partial charge in [-0.1, -0.05) is 38.1 Å². The Balaban J connectivity index is 1.64. The third-order valence-corrected chi connectivity index (χ3v) is 5.31. The SMILES string of the molecule is COc1ccccc1N1C[C@@]23C=C[C@H](O2)[C@H](C(=O)OCC(C)C)[C@H]3C1=O. The summed E-state index contributed by atoms with van der Waals surface area (Å²) < 4.78 is 16.9. The monoisotopic (exact) mass is 357 g/mol. The smallest absolute Gasteiger partial charge is 0.312 e. The molecule has 1 aromatic rings. The molecule has 3 aliphatic heterocycles. The van der Waals surface area contributed by atoms with Crippen LogP contribution in [0.15, 0.2) is 36.4 Å². The summed E-state index contributed by atoms with van der Waals surface area (Å²) >= 11 is 0. The lowest BCUT2D eigenvalue weighted by molar-refractivity contribution is -0.153. The summed E-state index contributed by atoms with van der Waals surface area (Å²) in [5.41, 5.74) is -0.0667. The normalized spacial score (nSPS) is 31.6. The number of methoxy groups -OCH3 is 1. The van der Waals surface area contributed by atoms with E-state index in [2.05, 4.69) is 0 Å². The van der Waals surface area contributed by atoms with Gasteiger partial charge in [-0.2, -0.15) is 0 Å². The number of fused-ring (bicyclic) bond motifs is 1. The number of esters is 1. The molecule has 0 aliphatic carbocycles. The molecule has 0 radical (unpaired) electrons. The van der Waals surface area contributed by atoms with E-state index in [9.17, 15) is 9.59 Å². The van der Waals surface area contributed by atoms with Gasteiger partial charge in [-0.25, -0.2) is 0 Å². The zero-order valence-corrected chi connectivity index (χ0v) is 15.2. The molecule has 0 saturated carbocycles. The van der Waals surface area contributed by atoms with E-state index in [1.54, 1.807) is 12.0 Å². The Bertz CT molecular complexity index is 773. The van der Waals surface area contributed by atoms with E-state index in [4.69, 9.17) is 14.2 Å². The molecule has 2 bridgehead atoms. The molecule has 138 valence electrons. The van der Waals surface area contributed by atoms with Gasteiger partial charge in [0.25, 0.3) is 0 Å². The molecule has 2 saturated heterocycles. The molecule has 4 atom stereocenters. The van der Waals surface area contributed by atoms with Crippen LogP contribution in [0.3, 0.4) is 0 Å². The van der Waals surface area contributed by atoms with E-state index in [1.165, 1.54) is 0 Å². The predicted molar refractivity (Wildman–Crippen MR) is 94.9 cm³/mol. The fourth-order valence-corrected chi connectivity index (χ4v) is 4.17. The summed E-state index contributed by atoms with van der Waals surface area (Å²) in [6.45, 7) is 4.68. The first kappa shape index (κ1) is 17.1. The van der Waals surface area contributed by atoms with Crippen LogP contribution in [0.5, 0.6) is 5.75 Å². The lowest BCUT2D eigenvalue weighted by atomic mass is 9.77. The quantitative estimate of drug-likeness (QED) is 0.597. The van der Waals surface area contributed by atoms with E-state index < -0.39 is 17.4 Å². The molecule has 3 aliphatic rings. The zero-order chi connectivity index (χ0) is 18.5. The Morgan fingerprint density at radius 1 is 1.38 bits per heavy atom. The molecule has 0 N–H and O–H groups in total. The average Bonchev–Trinajstić information content (AvgIpc) is 3.28. The number of hydrogen-bond donors (Lipinski definition) is 0. The van der Waals surface area contributed by atoms with Crippen molar-refractivity contribution in [1.29, 1.82) is 0 Å². The van der Waals surface area contributed by atoms with Gasteiger partial charge in [-0.15, -0.1) is 0 Å². The number of benzene rings is 1. The molecule has 26 heavy (non-hydrogen) atoms. The maximum Gasteiger partial charge on any atom is 0.312 e. The highest BCUT2D eigenvalue weighted by Gasteiger charge is 2.67. The summed E-state index contributed by atoms with van der Waals surface area (Å²) in [7, 11) is 1.58. The Kier molecular flexibility index (Phi) is 4.03. The van der Waals surface area contributed by atoms with Crippen molar-refractivity contribution in [3.05, 3.63) is 36.4 Å². The van der Waals surface area contributed by atoms with Crippen molar-refractivity contribution in [3.63, 3.8) is 0 Å². The summed E-state index contributed by atoms with van der Waals surface area (Å²) in [6, 6.07) is 7.38. The first-order valence-corrected chi connectivity index (χ1v) is 8.95. The first-order chi connectivity index (χ1) is 12.5. The lowest BCUT2D eigenvalue weighted by Gasteiger charge is -2.23. The Hall–Kier alpha value is -2.34. The van der Waals surface area contributed by atoms with Gasteiger partial charge in [0.15, 0.2) is 0 Å². The number of nitrogens with zero attached hydrogens (tertiary/aromatic N) is 1. The Labute approximate surface area is 152 Å². The molecule has 2 fully saturated rings. The lowest BCUT2D eigenvalue weighted by Crippen LogP contribution is -2.40. The van der Waals surface area contributed by atoms with E-state index in [-0.39, 0.29) is 23.9 Å². The molecule has 6 heteroatoms. The van der Waals surface area contributed by atoms with Crippen LogP contribution in [0, 0.1) is 17.8 Å². The molecule has 3 heterocycles. The highest BCUT2D eigenvalue weighted by atomic mass is 16.6. The number of para-hydroxylation sites is 2. The van der Waals surface area contributed by atoms with Crippen LogP contribution < -0.4 is 9.64 Å². The van der Waals surface area contributed by atoms with Crippen molar-refractivity contribution in [2.45, 2.75) is 25.6 Å². The second kappa shape index (κ2) is 6.13. The van der Waals surface area contributed by atoms with Crippen LogP contribution in [0.1, 0.15) is 13.8 Å². The fraction of sp³-hybridized carbons (Fsp3) is 0.500. The molecule has 1 spiro atoms. The van der Waals surface area contributed by atoms with Gasteiger partial charge in [0.2, 0.25) is 5.91 Å². The summed E-state index contributed by atoms with van der Waals surface area (Å²) in [5, 5.41) is 0. The molecule has 1 aromatic carbocycles. The van der Waals surface area contributed by atoms with Gasteiger partial charge in [-0.3, -0.25) is 9.59 Å². The van der Waals surface area contributed by atoms with Gasteiger partial charge < -0.3 is 19.1 Å². The standard InChI is InChI=1S/C20H23NO5/c1-12(2)10-25-19(23)16-15-8-9-20(26-15)11-21(18(22)17(16)20)13-6-4-5-7-14(13)24-3/h4-9,12,15-17H,10-11H2,1-3H3/t15-,16-,17-,20+/m0/s1. The first-order valence-electron chi connectivity index (χ1n) is 8.95. The van der Waals surface area contributed by atoms with Crippen LogP contribution in [-0.2, 0) is 19.1 Å². The largest absolute Gasteiger partial charge is 0.495 e. The van der Waals surface area contributed by atoms with E-state index in [1.807, 2.05) is 50.3 Å². The van der Waals surface area contributed by atoms with Crippen LogP contribution in [-0.4, -0.2) is 43.8 Å². The highest BCUT2D eigenvalue weighted by Crippen LogP contribution is 2.53. The number of carbonyl (C=O) groups is 2. The summed E-state index contributed by atoms with van der Waals surface area (Å²) in [6.07, 6.45) is 3.43. The van der Waals surface area contributed by atoms with Gasteiger partial charge in [0.1, 0.15) is 17.3 Å². The van der Waals surface area contributed by atoms with Crippen molar-refractivity contribution < 1.29 is 23.8 Å². The third-order valence-electron chi connectivity index (χ3n) is 5.31. The number of amides is 1. The third kappa shape index (κ3) is 2.43. The van der Waals surface area contributed by atoms with E-state index >= 15 is 0 Å². The molecule has 0 unspecified atom stereocenters. The molecular formula is C20H23NO5. The van der Waals surface area contributed by atoms with Gasteiger partial charge in [-0.05, 0) is 18.1 Å². The maximum absolute atomic E-state index is 13.2. The molecular weight excluding hydrogens is 334 g/mol. The van der Waals surface area contributed by atoms with E-state index in [0.717, 1.165) is 0 Å². The minimum absolute atomic E-state index is 0.118. The summed E-state index contributed by atoms with van der Waals surface area (Å²) in [5.74, 6) is -0.752. The fourth-order valence-electron chi connectivity index (χ4n) is 4.17. The predicted octanol–water partition coefficient (Wildman–Crippen LogP) is 2.18. The second-order valence-electron chi connectivity index (χ2n) is 7.52. The van der Waals surface area contributed by atoms with Crippen molar-refractivity contribution in [2.75, 3.05) is 25.2 Å². The van der Waals surface area contributed by atoms with Gasteiger partial charge in [0, 0.05) is 0 Å². The number of rotatable bonds is 5. The van der Waals surface area contributed by atoms with Crippen LogP contribution in [0.2, 0.25) is 0 Å². The van der Waals surface area contributed by atoms with Crippen molar-refractivity contribution in [2.24, 2.45) is 17.8 Å². The summed E-state index contributed by atoms with van der Waals surface area (Å²) in [4.78, 5) is 27.6. The number of hydrogen-bond acceptors (Lipinski definition) is 5. The number of anilines is 1. The van der Waals surface area contributed by atoms with Crippen LogP contribution in [0.25, 0.3) is 0 Å². The van der Waals surface area contributed by atoms with Crippen LogP contribution >= 0.6 is 0 Å². The Morgan fingerprint density at radius 3 is 2.88 bits per heavy atom. The average molecular weight is 357 g/mol. The molecule has 6 nitrogen and oxygen atoms in total. The Morgan fingerprint density at radius 2 is 2.15 bits per heavy atom. The van der Waals surface area contributed by atoms with Gasteiger partial charge in [0.05, 0.1) is 38.0 Å². The van der Waals surface area contributed by atoms with Crippen LogP contribution in [0.4, 0.5) is 5.69 Å². The van der Waals surface area contributed by atoms with Crippen molar-refractivity contribution >= 4 is 17.6 Å². The molecule has 1 amide bonds. The zero-order valence-electron chi connectivity index (χ0n) is 15.2. The van der Waals surface area contributed by atoms with E-state index in [0.29, 0.717) is 24.6 Å². The second-order valence-corrected chi connectivity index (χ2v) is 7.52. The minimum Gasteiger partial charge on any atom is -0.495 e. The van der Waals surface area contributed by atoms with Crippen molar-refractivity contribution in [3.8, 4) is 5.75 Å². The molecule has 0 aromatic heterocycles. The number of ether oxygens (including phenoxy) is 3.